The van der Waals surface area contributed by atoms with E-state index in [2.05, 4.69) is 29.6 Å². The lowest BCUT2D eigenvalue weighted by Gasteiger charge is -2.37. The Morgan fingerprint density at radius 2 is 1.61 bits per heavy atom. The molecule has 0 aromatic heterocycles. The second-order valence-electron chi connectivity index (χ2n) is 8.62. The highest BCUT2D eigenvalue weighted by molar-refractivity contribution is 5.79. The van der Waals surface area contributed by atoms with Crippen molar-refractivity contribution < 1.29 is 24.2 Å². The minimum absolute atomic E-state index is 0.0278. The van der Waals surface area contributed by atoms with Crippen LogP contribution in [0, 0.1) is 0 Å². The number of amides is 1. The Labute approximate surface area is 192 Å². The van der Waals surface area contributed by atoms with Gasteiger partial charge >= 0.3 is 12.1 Å². The number of hydrogen-bond acceptors (Lipinski definition) is 4. The molecule has 1 atom stereocenters. The summed E-state index contributed by atoms with van der Waals surface area (Å²) in [6.07, 6.45) is -0.151. The summed E-state index contributed by atoms with van der Waals surface area (Å²) in [5, 5.41) is 12.4. The second-order valence-corrected chi connectivity index (χ2v) is 8.62. The Hall–Kier alpha value is -3.80. The van der Waals surface area contributed by atoms with Crippen LogP contribution in [-0.4, -0.2) is 36.9 Å². The minimum Gasteiger partial charge on any atom is -0.493 e. The Bertz CT molecular complexity index is 1160. The van der Waals surface area contributed by atoms with Crippen molar-refractivity contribution in [1.82, 2.24) is 5.32 Å². The number of nitrogens with one attached hydrogen (secondary N) is 1. The third-order valence-electron chi connectivity index (χ3n) is 6.70. The molecule has 2 N–H and O–H groups in total. The topological polar surface area (TPSA) is 84.9 Å². The van der Waals surface area contributed by atoms with Crippen LogP contribution in [0.1, 0.15) is 35.4 Å². The second kappa shape index (κ2) is 8.62. The molecular weight excluding hydrogens is 418 g/mol. The maximum atomic E-state index is 12.7. The van der Waals surface area contributed by atoms with Crippen LogP contribution in [0.15, 0.2) is 72.8 Å². The van der Waals surface area contributed by atoms with Crippen LogP contribution in [0.5, 0.6) is 5.75 Å². The molecule has 1 heterocycles. The van der Waals surface area contributed by atoms with E-state index >= 15 is 0 Å². The molecule has 5 rings (SSSR count). The molecule has 2 aliphatic rings. The lowest BCUT2D eigenvalue weighted by Crippen LogP contribution is -2.45. The highest BCUT2D eigenvalue weighted by Crippen LogP contribution is 2.44. The van der Waals surface area contributed by atoms with E-state index in [-0.39, 0.29) is 25.5 Å². The number of para-hydroxylation sites is 1. The minimum atomic E-state index is -0.916. The van der Waals surface area contributed by atoms with Gasteiger partial charge in [0.25, 0.3) is 0 Å². The van der Waals surface area contributed by atoms with Gasteiger partial charge in [-0.15, -0.1) is 0 Å². The Morgan fingerprint density at radius 3 is 2.30 bits per heavy atom. The molecule has 33 heavy (non-hydrogen) atoms. The number of hydrogen-bond donors (Lipinski definition) is 2. The van der Waals surface area contributed by atoms with Gasteiger partial charge in [-0.3, -0.25) is 4.79 Å². The van der Waals surface area contributed by atoms with Gasteiger partial charge in [0.2, 0.25) is 0 Å². The number of alkyl carbamates (subject to hydrolysis) is 1. The van der Waals surface area contributed by atoms with Crippen molar-refractivity contribution in [3.8, 4) is 16.9 Å². The summed E-state index contributed by atoms with van der Waals surface area (Å²) in [7, 11) is 0. The van der Waals surface area contributed by atoms with Crippen LogP contribution in [0.25, 0.3) is 11.1 Å². The number of ether oxygens (including phenoxy) is 2. The number of carbonyl (C=O) groups is 2. The van der Waals surface area contributed by atoms with Gasteiger partial charge in [-0.1, -0.05) is 66.7 Å². The zero-order valence-electron chi connectivity index (χ0n) is 18.1. The molecule has 0 bridgehead atoms. The number of benzene rings is 3. The van der Waals surface area contributed by atoms with Crippen LogP contribution in [0.4, 0.5) is 4.79 Å². The molecule has 1 amide bonds. The summed E-state index contributed by atoms with van der Waals surface area (Å²) in [5.41, 5.74) is 4.69. The molecule has 1 unspecified atom stereocenters. The maximum Gasteiger partial charge on any atom is 0.407 e. The first-order chi connectivity index (χ1) is 16.1. The molecule has 1 aliphatic heterocycles. The van der Waals surface area contributed by atoms with Gasteiger partial charge in [0.15, 0.2) is 0 Å². The van der Waals surface area contributed by atoms with Crippen LogP contribution < -0.4 is 10.1 Å². The van der Waals surface area contributed by atoms with Crippen LogP contribution in [0.2, 0.25) is 0 Å². The van der Waals surface area contributed by atoms with E-state index in [0.29, 0.717) is 18.8 Å². The van der Waals surface area contributed by atoms with Crippen molar-refractivity contribution >= 4 is 12.1 Å². The third-order valence-corrected chi connectivity index (χ3v) is 6.70. The van der Waals surface area contributed by atoms with Gasteiger partial charge in [0, 0.05) is 23.4 Å². The number of fused-ring (bicyclic) bond motifs is 4. The predicted octanol–water partition coefficient (Wildman–Crippen LogP) is 4.72. The zero-order chi connectivity index (χ0) is 22.8. The number of carboxylic acid groups (broad SMARTS) is 1. The molecule has 3 aromatic carbocycles. The van der Waals surface area contributed by atoms with Gasteiger partial charge in [0.1, 0.15) is 12.4 Å². The average molecular weight is 443 g/mol. The number of aliphatic carboxylic acids is 1. The first kappa shape index (κ1) is 21.1. The smallest absolute Gasteiger partial charge is 0.407 e. The number of carbonyl (C=O) groups excluding carboxylic acids is 1. The highest BCUT2D eigenvalue weighted by Gasteiger charge is 2.40. The molecule has 6 heteroatoms. The fourth-order valence-electron chi connectivity index (χ4n) is 5.13. The quantitative estimate of drug-likeness (QED) is 0.576. The average Bonchev–Trinajstić information content (AvgIpc) is 3.15. The maximum absolute atomic E-state index is 12.7. The monoisotopic (exact) mass is 443 g/mol. The number of rotatable bonds is 6. The summed E-state index contributed by atoms with van der Waals surface area (Å²) in [5.74, 6) is -0.277. The summed E-state index contributed by atoms with van der Waals surface area (Å²) in [6.45, 7) is 0.776. The Balaban J connectivity index is 1.30. The van der Waals surface area contributed by atoms with E-state index in [1.807, 2.05) is 48.5 Å². The van der Waals surface area contributed by atoms with E-state index in [1.54, 1.807) is 0 Å². The van der Waals surface area contributed by atoms with E-state index in [1.165, 1.54) is 11.1 Å². The Morgan fingerprint density at radius 1 is 0.970 bits per heavy atom. The van der Waals surface area contributed by atoms with E-state index in [4.69, 9.17) is 9.47 Å². The summed E-state index contributed by atoms with van der Waals surface area (Å²) < 4.78 is 11.4. The van der Waals surface area contributed by atoms with Gasteiger partial charge in [-0.05, 0) is 34.7 Å². The van der Waals surface area contributed by atoms with E-state index < -0.39 is 17.5 Å². The van der Waals surface area contributed by atoms with Crippen LogP contribution >= 0.6 is 0 Å². The van der Waals surface area contributed by atoms with Gasteiger partial charge in [-0.2, -0.15) is 0 Å². The summed E-state index contributed by atoms with van der Waals surface area (Å²) >= 11 is 0. The Kier molecular flexibility index (Phi) is 5.50. The van der Waals surface area contributed by atoms with Gasteiger partial charge in [0.05, 0.1) is 13.0 Å². The molecule has 0 fully saturated rings. The molecule has 0 radical (unpaired) electrons. The van der Waals surface area contributed by atoms with Crippen molar-refractivity contribution in [2.45, 2.75) is 24.2 Å². The lowest BCUT2D eigenvalue weighted by atomic mass is 9.73. The molecule has 0 spiro atoms. The third kappa shape index (κ3) is 3.93. The summed E-state index contributed by atoms with van der Waals surface area (Å²) in [6, 6.07) is 23.8. The van der Waals surface area contributed by atoms with Crippen LogP contribution in [0.3, 0.4) is 0 Å². The van der Waals surface area contributed by atoms with Crippen molar-refractivity contribution in [2.24, 2.45) is 0 Å². The first-order valence-corrected chi connectivity index (χ1v) is 11.1. The van der Waals surface area contributed by atoms with Crippen molar-refractivity contribution in [1.29, 1.82) is 0 Å². The molecule has 0 saturated heterocycles. The molecule has 168 valence electrons. The largest absolute Gasteiger partial charge is 0.493 e. The predicted molar refractivity (Wildman–Crippen MR) is 124 cm³/mol. The zero-order valence-corrected chi connectivity index (χ0v) is 18.1. The molecular formula is C27H25NO5. The normalized spacial score (nSPS) is 18.4. The molecule has 3 aromatic rings. The molecule has 0 saturated carbocycles. The van der Waals surface area contributed by atoms with Gasteiger partial charge < -0.3 is 19.9 Å². The molecule has 6 nitrogen and oxygen atoms in total. The lowest BCUT2D eigenvalue weighted by molar-refractivity contribution is -0.138. The number of carboxylic acids is 1. The van der Waals surface area contributed by atoms with E-state index in [9.17, 15) is 14.7 Å². The fraction of sp³-hybridized carbons (Fsp3) is 0.259. The SMILES string of the molecule is O=C(O)CC1(CNC(=O)OCC2c3ccccc3-c3ccccc32)CCOc2ccccc21. The fourth-order valence-corrected chi connectivity index (χ4v) is 5.13. The highest BCUT2D eigenvalue weighted by atomic mass is 16.5. The van der Waals surface area contributed by atoms with E-state index in [0.717, 1.165) is 16.7 Å². The first-order valence-electron chi connectivity index (χ1n) is 11.1. The van der Waals surface area contributed by atoms with Crippen molar-refractivity contribution in [3.05, 3.63) is 89.5 Å². The molecule has 1 aliphatic carbocycles. The standard InChI is InChI=1S/C27H25NO5/c29-25(30)15-27(13-14-32-24-12-6-5-11-23(24)27)17-28-26(31)33-16-22-20-9-3-1-7-18(20)19-8-2-4-10-21(19)22/h1-12,22H,13-17H2,(H,28,31)(H,29,30). The van der Waals surface area contributed by atoms with Crippen molar-refractivity contribution in [2.75, 3.05) is 19.8 Å². The van der Waals surface area contributed by atoms with Crippen LogP contribution in [-0.2, 0) is 14.9 Å². The van der Waals surface area contributed by atoms with Gasteiger partial charge in [-0.25, -0.2) is 4.79 Å². The summed E-state index contributed by atoms with van der Waals surface area (Å²) in [4.78, 5) is 24.4. The van der Waals surface area contributed by atoms with Crippen molar-refractivity contribution in [3.63, 3.8) is 0 Å².